The molecule has 1 fully saturated rings. The van der Waals surface area contributed by atoms with Crippen LogP contribution in [0.15, 0.2) is 59.1 Å². The fraction of sp³-hybridized carbons (Fsp3) is 0.261. The third kappa shape index (κ3) is 3.93. The Balaban J connectivity index is 1.77. The van der Waals surface area contributed by atoms with Gasteiger partial charge in [-0.2, -0.15) is 18.4 Å². The maximum atomic E-state index is 13.4. The number of alkyl halides is 3. The fourth-order valence-corrected chi connectivity index (χ4v) is 5.35. The van der Waals surface area contributed by atoms with Crippen LogP contribution in [0.1, 0.15) is 24.0 Å². The first-order valence-corrected chi connectivity index (χ1v) is 10.9. The lowest BCUT2D eigenvalue weighted by Crippen LogP contribution is -2.33. The van der Waals surface area contributed by atoms with Crippen LogP contribution in [0.5, 0.6) is 5.75 Å². The molecule has 10 heteroatoms. The topological polar surface area (TPSA) is 96.4 Å². The van der Waals surface area contributed by atoms with E-state index in [2.05, 4.69) is 0 Å². The summed E-state index contributed by atoms with van der Waals surface area (Å²) in [6.45, 7) is 2.29. The molecule has 2 aromatic rings. The number of hydrogen-bond acceptors (Lipinski definition) is 6. The number of imide groups is 1. The summed E-state index contributed by atoms with van der Waals surface area (Å²) in [5.74, 6) is -2.54. The Morgan fingerprint density at radius 1 is 1.15 bits per heavy atom. The summed E-state index contributed by atoms with van der Waals surface area (Å²) >= 11 is 0.895. The highest BCUT2D eigenvalue weighted by atomic mass is 32.2. The molecule has 0 saturated carbocycles. The number of amides is 2. The molecule has 3 atom stereocenters. The minimum atomic E-state index is -4.63. The molecule has 6 nitrogen and oxygen atoms in total. The highest BCUT2D eigenvalue weighted by Gasteiger charge is 2.56. The second-order valence-corrected chi connectivity index (χ2v) is 8.68. The second kappa shape index (κ2) is 8.48. The van der Waals surface area contributed by atoms with Crippen molar-refractivity contribution in [3.63, 3.8) is 0 Å². The van der Waals surface area contributed by atoms with Crippen molar-refractivity contribution in [3.8, 4) is 11.8 Å². The number of anilines is 1. The molecule has 2 N–H and O–H groups in total. The minimum Gasteiger partial charge on any atom is -0.494 e. The van der Waals surface area contributed by atoms with E-state index in [9.17, 15) is 28.0 Å². The van der Waals surface area contributed by atoms with E-state index in [4.69, 9.17) is 10.5 Å². The molecule has 2 heterocycles. The van der Waals surface area contributed by atoms with Crippen LogP contribution in [0.25, 0.3) is 0 Å². The van der Waals surface area contributed by atoms with Crippen molar-refractivity contribution in [2.24, 2.45) is 11.7 Å². The van der Waals surface area contributed by atoms with Crippen molar-refractivity contribution < 1.29 is 27.5 Å². The molecule has 2 aromatic carbocycles. The maximum absolute atomic E-state index is 13.4. The molecule has 4 rings (SSSR count). The molecular formula is C23H18F3N3O3S. The van der Waals surface area contributed by atoms with Gasteiger partial charge in [-0.25, -0.2) is 4.90 Å². The molecule has 2 amide bonds. The molecule has 0 bridgehead atoms. The van der Waals surface area contributed by atoms with Gasteiger partial charge in [0.1, 0.15) is 11.0 Å². The zero-order valence-corrected chi connectivity index (χ0v) is 18.1. The zero-order valence-electron chi connectivity index (χ0n) is 17.3. The Bertz CT molecular complexity index is 1190. The standard InChI is InChI=1S/C23H18F3N3O3S/c1-2-32-15-8-6-12(7-9-15)17-16(11-27)20(28)33-19-18(17)21(30)29(22(19)31)14-5-3-4-13(10-14)23(24,25)26/h3-10,17-19H,2,28H2,1H3/t17-,18-,19-/m1/s1. The number of nitrogens with zero attached hydrogens (tertiary/aromatic N) is 2. The number of thioether (sulfide) groups is 1. The molecule has 2 aliphatic rings. The lowest BCUT2D eigenvalue weighted by molar-refractivity contribution is -0.137. The summed E-state index contributed by atoms with van der Waals surface area (Å²) < 4.78 is 45.0. The smallest absolute Gasteiger partial charge is 0.416 e. The summed E-state index contributed by atoms with van der Waals surface area (Å²) in [5, 5.41) is 8.91. The molecule has 2 aliphatic heterocycles. The first kappa shape index (κ1) is 22.7. The van der Waals surface area contributed by atoms with Gasteiger partial charge in [0.2, 0.25) is 11.8 Å². The SMILES string of the molecule is CCOc1ccc([C@@H]2C(C#N)=C(N)S[C@H]3C(=O)N(c4cccc(C(F)(F)F)c4)C(=O)[C@@H]32)cc1. The Kier molecular flexibility index (Phi) is 5.84. The number of nitrogens with two attached hydrogens (primary N) is 1. The number of fused-ring (bicyclic) bond motifs is 1. The van der Waals surface area contributed by atoms with Crippen molar-refractivity contribution >= 4 is 29.3 Å². The van der Waals surface area contributed by atoms with Gasteiger partial charge in [-0.05, 0) is 42.8 Å². The van der Waals surface area contributed by atoms with E-state index < -0.39 is 40.6 Å². The summed E-state index contributed by atoms with van der Waals surface area (Å²) in [4.78, 5) is 27.4. The average molecular weight is 473 g/mol. The largest absolute Gasteiger partial charge is 0.494 e. The second-order valence-electron chi connectivity index (χ2n) is 7.49. The monoisotopic (exact) mass is 473 g/mol. The van der Waals surface area contributed by atoms with Crippen LogP contribution in [0.4, 0.5) is 18.9 Å². The van der Waals surface area contributed by atoms with Gasteiger partial charge < -0.3 is 10.5 Å². The van der Waals surface area contributed by atoms with E-state index in [1.54, 1.807) is 24.3 Å². The van der Waals surface area contributed by atoms with Crippen molar-refractivity contribution in [1.82, 2.24) is 0 Å². The van der Waals surface area contributed by atoms with Crippen LogP contribution in [0, 0.1) is 17.2 Å². The Labute approximate surface area is 191 Å². The van der Waals surface area contributed by atoms with Crippen molar-refractivity contribution in [2.45, 2.75) is 24.3 Å². The third-order valence-electron chi connectivity index (χ3n) is 5.59. The van der Waals surface area contributed by atoms with Crippen molar-refractivity contribution in [3.05, 3.63) is 70.3 Å². The Morgan fingerprint density at radius 2 is 1.85 bits per heavy atom. The summed E-state index contributed by atoms with van der Waals surface area (Å²) in [6, 6.07) is 12.9. The average Bonchev–Trinajstić information content (AvgIpc) is 3.02. The number of hydrogen-bond donors (Lipinski definition) is 1. The van der Waals surface area contributed by atoms with Crippen LogP contribution in [0.3, 0.4) is 0 Å². The number of allylic oxidation sites excluding steroid dienone is 1. The fourth-order valence-electron chi connectivity index (χ4n) is 4.15. The lowest BCUT2D eigenvalue weighted by Gasteiger charge is -2.30. The van der Waals surface area contributed by atoms with Crippen molar-refractivity contribution in [2.75, 3.05) is 11.5 Å². The van der Waals surface area contributed by atoms with Gasteiger partial charge in [-0.3, -0.25) is 9.59 Å². The van der Waals surface area contributed by atoms with Crippen LogP contribution in [0.2, 0.25) is 0 Å². The molecule has 0 aliphatic carbocycles. The van der Waals surface area contributed by atoms with Gasteiger partial charge in [-0.1, -0.05) is 30.0 Å². The quantitative estimate of drug-likeness (QED) is 0.669. The van der Waals surface area contributed by atoms with Gasteiger partial charge in [0.25, 0.3) is 0 Å². The van der Waals surface area contributed by atoms with Gasteiger partial charge in [-0.15, -0.1) is 0 Å². The van der Waals surface area contributed by atoms with E-state index in [-0.39, 0.29) is 16.3 Å². The molecule has 0 radical (unpaired) electrons. The number of nitriles is 1. The van der Waals surface area contributed by atoms with E-state index in [1.165, 1.54) is 6.07 Å². The Morgan fingerprint density at radius 3 is 2.45 bits per heavy atom. The summed E-state index contributed by atoms with van der Waals surface area (Å²) in [5.41, 5.74) is 5.68. The first-order valence-electron chi connectivity index (χ1n) is 10.0. The van der Waals surface area contributed by atoms with E-state index in [0.717, 1.165) is 34.9 Å². The highest BCUT2D eigenvalue weighted by molar-refractivity contribution is 8.04. The van der Waals surface area contributed by atoms with E-state index in [0.29, 0.717) is 17.9 Å². The first-order chi connectivity index (χ1) is 15.7. The molecule has 0 spiro atoms. The number of carbonyl (C=O) groups is 2. The summed E-state index contributed by atoms with van der Waals surface area (Å²) in [6.07, 6.45) is -4.63. The van der Waals surface area contributed by atoms with E-state index in [1.807, 2.05) is 13.0 Å². The van der Waals surface area contributed by atoms with Crippen LogP contribution in [-0.2, 0) is 15.8 Å². The number of ether oxygens (including phenoxy) is 1. The third-order valence-corrected chi connectivity index (χ3v) is 6.81. The lowest BCUT2D eigenvalue weighted by atomic mass is 9.79. The van der Waals surface area contributed by atoms with Gasteiger partial charge in [0.05, 0.1) is 40.4 Å². The number of halogens is 3. The molecular weight excluding hydrogens is 455 g/mol. The van der Waals surface area contributed by atoms with Gasteiger partial charge in [0, 0.05) is 5.92 Å². The van der Waals surface area contributed by atoms with Crippen molar-refractivity contribution in [1.29, 1.82) is 5.26 Å². The predicted molar refractivity (Wildman–Crippen MR) is 116 cm³/mol. The number of carbonyl (C=O) groups excluding carboxylic acids is 2. The number of benzene rings is 2. The Hall–Kier alpha value is -3.45. The molecule has 170 valence electrons. The minimum absolute atomic E-state index is 0.115. The van der Waals surface area contributed by atoms with Gasteiger partial charge >= 0.3 is 6.18 Å². The highest BCUT2D eigenvalue weighted by Crippen LogP contribution is 2.51. The van der Waals surface area contributed by atoms with E-state index >= 15 is 0 Å². The van der Waals surface area contributed by atoms with Crippen LogP contribution in [-0.4, -0.2) is 23.7 Å². The maximum Gasteiger partial charge on any atom is 0.416 e. The number of rotatable bonds is 4. The molecule has 1 saturated heterocycles. The zero-order chi connectivity index (χ0) is 23.9. The molecule has 0 unspecified atom stereocenters. The van der Waals surface area contributed by atoms with Gasteiger partial charge in [0.15, 0.2) is 0 Å². The predicted octanol–water partition coefficient (Wildman–Crippen LogP) is 4.19. The molecule has 0 aromatic heterocycles. The van der Waals surface area contributed by atoms with Crippen LogP contribution >= 0.6 is 11.8 Å². The van der Waals surface area contributed by atoms with Crippen LogP contribution < -0.4 is 15.4 Å². The normalized spacial score (nSPS) is 22.9. The molecule has 33 heavy (non-hydrogen) atoms. The summed E-state index contributed by atoms with van der Waals surface area (Å²) in [7, 11) is 0.